The van der Waals surface area contributed by atoms with Crippen LogP contribution in [0.1, 0.15) is 40.2 Å². The van der Waals surface area contributed by atoms with Gasteiger partial charge in [-0.3, -0.25) is 14.4 Å². The van der Waals surface area contributed by atoms with Gasteiger partial charge in [-0.15, -0.1) is 0 Å². The summed E-state index contributed by atoms with van der Waals surface area (Å²) in [4.78, 5) is 38.7. The third-order valence-electron chi connectivity index (χ3n) is 4.82. The van der Waals surface area contributed by atoms with Gasteiger partial charge in [-0.05, 0) is 31.0 Å². The molecule has 0 atom stereocenters. The zero-order valence-electron chi connectivity index (χ0n) is 17.0. The topological polar surface area (TPSA) is 110 Å². The number of furan rings is 1. The molecule has 160 valence electrons. The summed E-state index contributed by atoms with van der Waals surface area (Å²) in [5.41, 5.74) is 0.492. The highest BCUT2D eigenvalue weighted by Gasteiger charge is 2.21. The van der Waals surface area contributed by atoms with Crippen molar-refractivity contribution < 1.29 is 28.3 Å². The maximum Gasteiger partial charge on any atom is 0.291 e. The third kappa shape index (κ3) is 4.91. The normalized spacial score (nSPS) is 13.3. The number of hydrogen-bond acceptors (Lipinski definition) is 6. The fourth-order valence-electron chi connectivity index (χ4n) is 3.27. The van der Waals surface area contributed by atoms with E-state index in [2.05, 4.69) is 10.6 Å². The van der Waals surface area contributed by atoms with E-state index in [1.807, 2.05) is 0 Å². The molecule has 0 unspecified atom stereocenters. The lowest BCUT2D eigenvalue weighted by atomic mass is 10.1. The summed E-state index contributed by atoms with van der Waals surface area (Å²) < 4.78 is 15.7. The van der Waals surface area contributed by atoms with Crippen molar-refractivity contribution in [3.63, 3.8) is 0 Å². The number of likely N-dealkylation sites (tertiary alicyclic amines) is 1. The Labute approximate surface area is 174 Å². The molecule has 2 N–H and O–H groups in total. The molecule has 3 rings (SSSR count). The van der Waals surface area contributed by atoms with E-state index in [1.165, 1.54) is 38.7 Å². The number of amides is 3. The number of rotatable bonds is 9. The van der Waals surface area contributed by atoms with Gasteiger partial charge in [-0.1, -0.05) is 0 Å². The second-order valence-corrected chi connectivity index (χ2v) is 6.78. The van der Waals surface area contributed by atoms with Crippen LogP contribution in [0.3, 0.4) is 0 Å². The molecule has 9 nitrogen and oxygen atoms in total. The van der Waals surface area contributed by atoms with Crippen LogP contribution in [-0.2, 0) is 4.79 Å². The van der Waals surface area contributed by atoms with E-state index in [9.17, 15) is 14.4 Å². The van der Waals surface area contributed by atoms with Crippen LogP contribution < -0.4 is 20.1 Å². The molecule has 1 saturated heterocycles. The zero-order chi connectivity index (χ0) is 21.5. The summed E-state index contributed by atoms with van der Waals surface area (Å²) in [6.45, 7) is 1.76. The molecule has 1 fully saturated rings. The summed E-state index contributed by atoms with van der Waals surface area (Å²) in [6.07, 6.45) is 3.51. The molecule has 9 heteroatoms. The van der Waals surface area contributed by atoms with Gasteiger partial charge in [0.05, 0.1) is 31.7 Å². The van der Waals surface area contributed by atoms with Gasteiger partial charge in [-0.25, -0.2) is 0 Å². The molecule has 0 spiro atoms. The van der Waals surface area contributed by atoms with Crippen LogP contribution in [-0.4, -0.2) is 56.5 Å². The Morgan fingerprint density at radius 3 is 2.57 bits per heavy atom. The molecule has 1 aromatic heterocycles. The van der Waals surface area contributed by atoms with Gasteiger partial charge in [0, 0.05) is 32.1 Å². The molecule has 30 heavy (non-hydrogen) atoms. The number of hydrogen-bond donors (Lipinski definition) is 2. The molecule has 0 radical (unpaired) electrons. The first kappa shape index (κ1) is 21.2. The monoisotopic (exact) mass is 415 g/mol. The maximum atomic E-state index is 12.8. The summed E-state index contributed by atoms with van der Waals surface area (Å²) in [5.74, 6) is 0.139. The molecule has 1 aliphatic heterocycles. The predicted octanol–water partition coefficient (Wildman–Crippen LogP) is 2.29. The van der Waals surface area contributed by atoms with Crippen molar-refractivity contribution in [2.45, 2.75) is 19.3 Å². The molecule has 1 aromatic carbocycles. The molecule has 0 bridgehead atoms. The fraction of sp³-hybridized carbons (Fsp3) is 0.381. The first-order valence-electron chi connectivity index (χ1n) is 9.70. The van der Waals surface area contributed by atoms with Crippen molar-refractivity contribution >= 4 is 23.4 Å². The second-order valence-electron chi connectivity index (χ2n) is 6.78. The largest absolute Gasteiger partial charge is 0.493 e. The van der Waals surface area contributed by atoms with Gasteiger partial charge in [0.1, 0.15) is 0 Å². The molecule has 3 amide bonds. The van der Waals surface area contributed by atoms with Crippen LogP contribution in [0.2, 0.25) is 0 Å². The van der Waals surface area contributed by atoms with E-state index in [0.29, 0.717) is 37.4 Å². The van der Waals surface area contributed by atoms with Crippen molar-refractivity contribution in [2.24, 2.45) is 0 Å². The summed E-state index contributed by atoms with van der Waals surface area (Å²) in [5, 5.41) is 5.51. The third-order valence-corrected chi connectivity index (χ3v) is 4.82. The first-order valence-corrected chi connectivity index (χ1v) is 9.70. The van der Waals surface area contributed by atoms with Gasteiger partial charge in [0.15, 0.2) is 17.3 Å². The number of anilines is 1. The number of benzene rings is 1. The van der Waals surface area contributed by atoms with E-state index in [0.717, 1.165) is 13.0 Å². The number of nitrogens with one attached hydrogen (secondary N) is 2. The van der Waals surface area contributed by atoms with Crippen LogP contribution in [0.5, 0.6) is 11.5 Å². The van der Waals surface area contributed by atoms with E-state index in [-0.39, 0.29) is 28.8 Å². The lowest BCUT2D eigenvalue weighted by molar-refractivity contribution is -0.127. The molecular weight excluding hydrogens is 390 g/mol. The van der Waals surface area contributed by atoms with Crippen LogP contribution in [0.15, 0.2) is 34.9 Å². The number of ether oxygens (including phenoxy) is 2. The smallest absolute Gasteiger partial charge is 0.291 e. The highest BCUT2D eigenvalue weighted by molar-refractivity contribution is 6.08. The van der Waals surface area contributed by atoms with E-state index >= 15 is 0 Å². The van der Waals surface area contributed by atoms with Crippen LogP contribution in [0, 0.1) is 0 Å². The Hall–Kier alpha value is -3.49. The molecular formula is C21H25N3O6. The standard InChI is InChI=1S/C21H25N3O6/c1-28-17-12-14(20(26)22-8-5-10-24-9-3-7-19(24)25)15(13-18(17)29-2)23-21(27)16-6-4-11-30-16/h4,6,11-13H,3,5,7-10H2,1-2H3,(H,22,26)(H,23,27). The maximum absolute atomic E-state index is 12.8. The van der Waals surface area contributed by atoms with E-state index < -0.39 is 5.91 Å². The fourth-order valence-corrected chi connectivity index (χ4v) is 3.27. The lowest BCUT2D eigenvalue weighted by Gasteiger charge is -2.17. The lowest BCUT2D eigenvalue weighted by Crippen LogP contribution is -2.31. The number of nitrogens with zero attached hydrogens (tertiary/aromatic N) is 1. The van der Waals surface area contributed by atoms with Crippen molar-refractivity contribution in [1.82, 2.24) is 10.2 Å². The van der Waals surface area contributed by atoms with Gasteiger partial charge in [-0.2, -0.15) is 0 Å². The molecule has 1 aliphatic rings. The predicted molar refractivity (Wildman–Crippen MR) is 109 cm³/mol. The average molecular weight is 415 g/mol. The van der Waals surface area contributed by atoms with Crippen molar-refractivity contribution in [1.29, 1.82) is 0 Å². The first-order chi connectivity index (χ1) is 14.5. The summed E-state index contributed by atoms with van der Waals surface area (Å²) >= 11 is 0. The Morgan fingerprint density at radius 2 is 1.93 bits per heavy atom. The highest BCUT2D eigenvalue weighted by Crippen LogP contribution is 2.33. The Bertz CT molecular complexity index is 910. The quantitative estimate of drug-likeness (QED) is 0.608. The number of methoxy groups -OCH3 is 2. The number of carbonyl (C=O) groups is 3. The minimum Gasteiger partial charge on any atom is -0.493 e. The summed E-state index contributed by atoms with van der Waals surface area (Å²) in [7, 11) is 2.93. The van der Waals surface area contributed by atoms with Crippen LogP contribution >= 0.6 is 0 Å². The Balaban J connectivity index is 1.71. The number of carbonyl (C=O) groups excluding carboxylic acids is 3. The van der Waals surface area contributed by atoms with Gasteiger partial charge in [0.25, 0.3) is 11.8 Å². The zero-order valence-corrected chi connectivity index (χ0v) is 17.0. The summed E-state index contributed by atoms with van der Waals surface area (Å²) in [6, 6.07) is 6.16. The van der Waals surface area contributed by atoms with Crippen molar-refractivity contribution in [2.75, 3.05) is 39.2 Å². The Morgan fingerprint density at radius 1 is 1.17 bits per heavy atom. The second kappa shape index (κ2) is 9.82. The van der Waals surface area contributed by atoms with E-state index in [1.54, 1.807) is 11.0 Å². The van der Waals surface area contributed by atoms with Gasteiger partial charge < -0.3 is 29.4 Å². The molecule has 2 heterocycles. The van der Waals surface area contributed by atoms with Crippen LogP contribution in [0.4, 0.5) is 5.69 Å². The highest BCUT2D eigenvalue weighted by atomic mass is 16.5. The SMILES string of the molecule is COc1cc(NC(=O)c2ccco2)c(C(=O)NCCCN2CCCC2=O)cc1OC. The van der Waals surface area contributed by atoms with Gasteiger partial charge >= 0.3 is 0 Å². The van der Waals surface area contributed by atoms with Crippen molar-refractivity contribution in [3.05, 3.63) is 41.9 Å². The molecule has 0 aliphatic carbocycles. The average Bonchev–Trinajstić information content (AvgIpc) is 3.42. The molecule has 2 aromatic rings. The minimum absolute atomic E-state index is 0.117. The van der Waals surface area contributed by atoms with Crippen LogP contribution in [0.25, 0.3) is 0 Å². The van der Waals surface area contributed by atoms with Gasteiger partial charge in [0.2, 0.25) is 5.91 Å². The minimum atomic E-state index is -0.492. The Kier molecular flexibility index (Phi) is 6.95. The molecule has 0 saturated carbocycles. The van der Waals surface area contributed by atoms with Crippen molar-refractivity contribution in [3.8, 4) is 11.5 Å². The van der Waals surface area contributed by atoms with E-state index in [4.69, 9.17) is 13.9 Å².